The largest absolute Gasteiger partial charge is 0.315 e. The van der Waals surface area contributed by atoms with Crippen LogP contribution in [-0.2, 0) is 6.54 Å². The summed E-state index contributed by atoms with van der Waals surface area (Å²) in [7, 11) is 0. The van der Waals surface area contributed by atoms with E-state index in [9.17, 15) is 4.39 Å². The molecule has 0 fully saturated rings. The molecule has 0 amide bonds. The minimum absolute atomic E-state index is 0.252. The van der Waals surface area contributed by atoms with Crippen LogP contribution in [-0.4, -0.2) is 19.1 Å². The highest BCUT2D eigenvalue weighted by Gasteiger charge is 2.08. The van der Waals surface area contributed by atoms with E-state index in [-0.39, 0.29) is 11.9 Å². The predicted molar refractivity (Wildman–Crippen MR) is 75.4 cm³/mol. The third-order valence-corrected chi connectivity index (χ3v) is 3.05. The number of hydrogen-bond acceptors (Lipinski definition) is 2. The molecule has 1 unspecified atom stereocenters. The first-order valence-electron chi connectivity index (χ1n) is 6.37. The molecular formula is C14H22ClFN2. The van der Waals surface area contributed by atoms with Crippen LogP contribution in [0.15, 0.2) is 18.2 Å². The summed E-state index contributed by atoms with van der Waals surface area (Å²) in [5.74, 6) is 0.385. The van der Waals surface area contributed by atoms with Crippen LogP contribution >= 0.6 is 11.6 Å². The van der Waals surface area contributed by atoms with Crippen LogP contribution in [0.5, 0.6) is 0 Å². The molecule has 0 aliphatic rings. The molecular weight excluding hydrogens is 251 g/mol. The topological polar surface area (TPSA) is 24.1 Å². The van der Waals surface area contributed by atoms with Crippen molar-refractivity contribution in [1.82, 2.24) is 10.6 Å². The van der Waals surface area contributed by atoms with Crippen molar-refractivity contribution in [2.75, 3.05) is 13.1 Å². The molecule has 0 saturated carbocycles. The highest BCUT2D eigenvalue weighted by Crippen LogP contribution is 2.18. The zero-order valence-electron chi connectivity index (χ0n) is 11.3. The summed E-state index contributed by atoms with van der Waals surface area (Å²) in [6, 6.07) is 5.04. The van der Waals surface area contributed by atoms with Crippen LogP contribution in [0.3, 0.4) is 0 Å². The van der Waals surface area contributed by atoms with E-state index in [1.54, 1.807) is 12.1 Å². The van der Waals surface area contributed by atoms with Gasteiger partial charge in [-0.2, -0.15) is 0 Å². The first-order valence-corrected chi connectivity index (χ1v) is 6.75. The molecule has 2 N–H and O–H groups in total. The Morgan fingerprint density at radius 1 is 1.22 bits per heavy atom. The van der Waals surface area contributed by atoms with E-state index in [1.807, 2.05) is 0 Å². The van der Waals surface area contributed by atoms with Gasteiger partial charge in [0.1, 0.15) is 5.82 Å². The van der Waals surface area contributed by atoms with Crippen molar-refractivity contribution in [3.05, 3.63) is 34.6 Å². The van der Waals surface area contributed by atoms with E-state index in [4.69, 9.17) is 11.6 Å². The predicted octanol–water partition coefficient (Wildman–Crippen LogP) is 3.20. The first-order chi connectivity index (χ1) is 8.50. The Bertz CT molecular complexity index is 349. The van der Waals surface area contributed by atoms with Crippen molar-refractivity contribution in [3.63, 3.8) is 0 Å². The Kier molecular flexibility index (Phi) is 6.61. The lowest BCUT2D eigenvalue weighted by Crippen LogP contribution is -2.37. The normalized spacial score (nSPS) is 13.0. The van der Waals surface area contributed by atoms with E-state index in [0.29, 0.717) is 23.0 Å². The van der Waals surface area contributed by atoms with E-state index in [2.05, 4.69) is 31.4 Å². The van der Waals surface area contributed by atoms with Crippen molar-refractivity contribution < 1.29 is 4.39 Å². The molecule has 0 aliphatic carbocycles. The maximum Gasteiger partial charge on any atom is 0.129 e. The van der Waals surface area contributed by atoms with Crippen molar-refractivity contribution in [2.45, 2.75) is 33.4 Å². The van der Waals surface area contributed by atoms with E-state index in [0.717, 1.165) is 13.1 Å². The Hall–Kier alpha value is -0.640. The van der Waals surface area contributed by atoms with Gasteiger partial charge in [0.15, 0.2) is 0 Å². The van der Waals surface area contributed by atoms with Crippen LogP contribution < -0.4 is 10.6 Å². The lowest BCUT2D eigenvalue weighted by Gasteiger charge is -2.16. The summed E-state index contributed by atoms with van der Waals surface area (Å²) >= 11 is 5.96. The SMILES string of the molecule is CC(C)CNCC(C)NCc1c(F)cccc1Cl. The maximum atomic E-state index is 13.5. The first kappa shape index (κ1) is 15.4. The summed E-state index contributed by atoms with van der Waals surface area (Å²) in [6.07, 6.45) is 0. The Labute approximate surface area is 114 Å². The fourth-order valence-corrected chi connectivity index (χ4v) is 1.87. The van der Waals surface area contributed by atoms with Crippen LogP contribution in [0.25, 0.3) is 0 Å². The summed E-state index contributed by atoms with van der Waals surface area (Å²) in [5, 5.41) is 7.10. The van der Waals surface area contributed by atoms with Crippen LogP contribution in [0.4, 0.5) is 4.39 Å². The minimum Gasteiger partial charge on any atom is -0.315 e. The molecule has 2 nitrogen and oxygen atoms in total. The van der Waals surface area contributed by atoms with Crippen LogP contribution in [0, 0.1) is 11.7 Å². The lowest BCUT2D eigenvalue weighted by atomic mass is 10.2. The molecule has 1 rings (SSSR count). The highest BCUT2D eigenvalue weighted by atomic mass is 35.5. The number of benzene rings is 1. The molecule has 0 radical (unpaired) electrons. The zero-order chi connectivity index (χ0) is 13.5. The van der Waals surface area contributed by atoms with Gasteiger partial charge in [-0.25, -0.2) is 4.39 Å². The second-order valence-electron chi connectivity index (χ2n) is 5.03. The molecule has 18 heavy (non-hydrogen) atoms. The van der Waals surface area contributed by atoms with Crippen LogP contribution in [0.1, 0.15) is 26.3 Å². The Balaban J connectivity index is 2.36. The standard InChI is InChI=1S/C14H22ClFN2/c1-10(2)7-17-8-11(3)18-9-12-13(15)5-4-6-14(12)16/h4-6,10-11,17-18H,7-9H2,1-3H3. The smallest absolute Gasteiger partial charge is 0.129 e. The fraction of sp³-hybridized carbons (Fsp3) is 0.571. The molecule has 0 saturated heterocycles. The van der Waals surface area contributed by atoms with E-state index >= 15 is 0 Å². The number of hydrogen-bond donors (Lipinski definition) is 2. The van der Waals surface area contributed by atoms with E-state index < -0.39 is 0 Å². The van der Waals surface area contributed by atoms with Gasteiger partial charge in [0.2, 0.25) is 0 Å². The minimum atomic E-state index is -0.252. The molecule has 1 atom stereocenters. The van der Waals surface area contributed by atoms with Gasteiger partial charge in [0.25, 0.3) is 0 Å². The number of halogens is 2. The monoisotopic (exact) mass is 272 g/mol. The summed E-state index contributed by atoms with van der Waals surface area (Å²) < 4.78 is 13.5. The molecule has 1 aromatic carbocycles. The van der Waals surface area contributed by atoms with Crippen molar-refractivity contribution in [2.24, 2.45) is 5.92 Å². The third-order valence-electron chi connectivity index (χ3n) is 2.69. The van der Waals surface area contributed by atoms with Gasteiger partial charge in [-0.1, -0.05) is 31.5 Å². The van der Waals surface area contributed by atoms with Gasteiger partial charge in [0.05, 0.1) is 0 Å². The Morgan fingerprint density at radius 3 is 2.56 bits per heavy atom. The average Bonchev–Trinajstić information content (AvgIpc) is 2.27. The van der Waals surface area contributed by atoms with Gasteiger partial charge in [-0.15, -0.1) is 0 Å². The average molecular weight is 273 g/mol. The summed E-state index contributed by atoms with van der Waals surface area (Å²) in [6.45, 7) is 8.73. The summed E-state index contributed by atoms with van der Waals surface area (Å²) in [5.41, 5.74) is 0.537. The molecule has 4 heteroatoms. The Morgan fingerprint density at radius 2 is 1.94 bits per heavy atom. The maximum absolute atomic E-state index is 13.5. The quantitative estimate of drug-likeness (QED) is 0.797. The molecule has 0 spiro atoms. The second kappa shape index (κ2) is 7.72. The van der Waals surface area contributed by atoms with Crippen molar-refractivity contribution >= 4 is 11.6 Å². The molecule has 1 aromatic rings. The number of nitrogens with one attached hydrogen (secondary N) is 2. The molecule has 0 heterocycles. The number of rotatable bonds is 7. The second-order valence-corrected chi connectivity index (χ2v) is 5.44. The van der Waals surface area contributed by atoms with E-state index in [1.165, 1.54) is 6.07 Å². The molecule has 0 aliphatic heterocycles. The summed E-state index contributed by atoms with van der Waals surface area (Å²) in [4.78, 5) is 0. The van der Waals surface area contributed by atoms with Crippen molar-refractivity contribution in [1.29, 1.82) is 0 Å². The molecule has 0 bridgehead atoms. The van der Waals surface area contributed by atoms with Crippen molar-refractivity contribution in [3.8, 4) is 0 Å². The van der Waals surface area contributed by atoms with Gasteiger partial charge in [-0.05, 0) is 31.5 Å². The molecule has 102 valence electrons. The van der Waals surface area contributed by atoms with Crippen LogP contribution in [0.2, 0.25) is 5.02 Å². The third kappa shape index (κ3) is 5.34. The fourth-order valence-electron chi connectivity index (χ4n) is 1.64. The van der Waals surface area contributed by atoms with Gasteiger partial charge in [-0.3, -0.25) is 0 Å². The highest BCUT2D eigenvalue weighted by molar-refractivity contribution is 6.31. The zero-order valence-corrected chi connectivity index (χ0v) is 12.0. The lowest BCUT2D eigenvalue weighted by molar-refractivity contribution is 0.467. The van der Waals surface area contributed by atoms with Gasteiger partial charge in [0, 0.05) is 29.7 Å². The molecule has 0 aromatic heterocycles. The van der Waals surface area contributed by atoms with Gasteiger partial charge < -0.3 is 10.6 Å². The van der Waals surface area contributed by atoms with Gasteiger partial charge >= 0.3 is 0 Å².